The highest BCUT2D eigenvalue weighted by Gasteiger charge is 2.36. The molecule has 3 aliphatic carbocycles. The summed E-state index contributed by atoms with van der Waals surface area (Å²) in [5, 5.41) is 10.3. The lowest BCUT2D eigenvalue weighted by atomic mass is 10.0. The molecule has 1 aromatic heterocycles. The van der Waals surface area contributed by atoms with E-state index in [1.165, 1.54) is 119 Å². The number of hydrogen-bond donors (Lipinski definition) is 2. The number of hydrogen-bond acceptors (Lipinski definition) is 10. The Kier molecular flexibility index (Phi) is 27.9. The van der Waals surface area contributed by atoms with Gasteiger partial charge in [-0.3, -0.25) is 0 Å². The summed E-state index contributed by atoms with van der Waals surface area (Å²) >= 11 is 1.82. The second-order valence-corrected chi connectivity index (χ2v) is 38.2. The van der Waals surface area contributed by atoms with Crippen LogP contribution in [0.4, 0.5) is 0 Å². The van der Waals surface area contributed by atoms with Gasteiger partial charge < -0.3 is 29.8 Å². The van der Waals surface area contributed by atoms with Gasteiger partial charge in [-0.05, 0) is 305 Å². The molecule has 0 bridgehead atoms. The maximum Gasteiger partial charge on any atom is 0.153 e. The Labute approximate surface area is 726 Å². The lowest BCUT2D eigenvalue weighted by Crippen LogP contribution is -1.98. The third-order valence-corrected chi connectivity index (χ3v) is 28.7. The second kappa shape index (κ2) is 39.5. The fourth-order valence-electron chi connectivity index (χ4n) is 15.5. The van der Waals surface area contributed by atoms with E-state index in [1.807, 2.05) is 210 Å². The highest BCUT2D eigenvalue weighted by atomic mass is 32.2. The van der Waals surface area contributed by atoms with Crippen molar-refractivity contribution in [3.63, 3.8) is 0 Å². The molecule has 19 rings (SSSR count). The average molecular weight is 1680 g/mol. The van der Waals surface area contributed by atoms with Gasteiger partial charge in [-0.15, -0.1) is 11.3 Å². The van der Waals surface area contributed by atoms with Crippen LogP contribution in [0.1, 0.15) is 178 Å². The van der Waals surface area contributed by atoms with Gasteiger partial charge in [0.2, 0.25) is 0 Å². The molecule has 618 valence electrons. The predicted molar refractivity (Wildman–Crippen MR) is 505 cm³/mol. The van der Waals surface area contributed by atoms with Gasteiger partial charge in [-0.25, -0.2) is 12.6 Å². The monoisotopic (exact) mass is 1680 g/mol. The van der Waals surface area contributed by atoms with Crippen LogP contribution in [0, 0.1) is 67.2 Å². The number of aliphatic hydroxyl groups is 1. The standard InChI is InChI=1S/C28H28O2S.C28H28OS.C25H24O2S.C24H22O3S.C3H7N/c1-19-10-17-25-26(18-19)31(29)28(24-9-4-3-6-20(24)2)27(25)30-23-15-13-22(14-16-23)8-5-7-21-11-12-21;1-19-10-17-25-26(18-19)30-28(24-9-4-3-6-20(24)2)27(25)29-23-15-13-22(14-16-23)8-5-7-21-11-12-21;1-4-7-19-11-13-20(14-12-19)27-24-22-15-10-17(2)16-23(22)28(26)25(24)21-9-6-5-8-18(21)3;1-16-7-12-21-22(15-16)28(26)24(20-6-4-3-5-17(20)2)23(21)27-19-10-8-18(9-11-19)13-14-25;4-3-1-2-3/h3-4,6,9-10,13-18,21H,5,7-8,11-12H2,1-2H3;3-4,6,9-10,13-18,21H,5,7-8,11-12H2,1-2H3;5-6,8-16H,4,7H2,1-3H3;3-12,15,25H,13-14H2,1-2H3;3H,1-2,4H2. The van der Waals surface area contributed by atoms with E-state index in [-0.39, 0.29) is 6.61 Å². The maximum absolute atomic E-state index is 13.5. The van der Waals surface area contributed by atoms with Crippen LogP contribution in [0.3, 0.4) is 0 Å². The van der Waals surface area contributed by atoms with Crippen molar-refractivity contribution in [2.75, 3.05) is 6.61 Å². The van der Waals surface area contributed by atoms with Crippen molar-refractivity contribution in [3.05, 3.63) is 367 Å². The van der Waals surface area contributed by atoms with Gasteiger partial charge in [-0.2, -0.15) is 0 Å². The summed E-state index contributed by atoms with van der Waals surface area (Å²) in [6, 6.07) is 91.1. The molecule has 3 aliphatic heterocycles. The SMILES string of the molecule is CCCc1ccc(OC2=C(c3ccccc3C)S(=O)c3cc(C)ccc32)cc1.Cc1ccc2c(Oc3ccc(CCCC4CC4)cc3)c(-c3ccccc3C)sc2c1.Cc1ccc2c(c1)S(=O)C(c1ccccc1C)=C2Oc1ccc(CCCC2CC2)cc1.Cc1ccc2c(c1)S(=O)C(c1ccccc1C)=C2Oc1ccc(CCO)cc1.NC1CC1. The van der Waals surface area contributed by atoms with Gasteiger partial charge in [0, 0.05) is 39.4 Å². The molecule has 121 heavy (non-hydrogen) atoms. The van der Waals surface area contributed by atoms with Gasteiger partial charge in [-0.1, -0.05) is 222 Å². The molecular weight excluding hydrogens is 1570 g/mol. The van der Waals surface area contributed by atoms with Crippen LogP contribution in [-0.4, -0.2) is 30.4 Å². The van der Waals surface area contributed by atoms with E-state index in [0.29, 0.717) is 35.5 Å². The molecule has 12 aromatic carbocycles. The Balaban J connectivity index is 0.000000123. The molecule has 4 heterocycles. The van der Waals surface area contributed by atoms with Crippen molar-refractivity contribution in [1.29, 1.82) is 0 Å². The molecule has 13 heteroatoms. The van der Waals surface area contributed by atoms with Crippen LogP contribution < -0.4 is 24.7 Å². The lowest BCUT2D eigenvalue weighted by Gasteiger charge is -2.12. The number of nitrogens with two attached hydrogens (primary N) is 1. The average Bonchev–Trinajstić information content (AvgIpc) is 1.62. The zero-order valence-corrected chi connectivity index (χ0v) is 74.2. The molecule has 0 amide bonds. The quantitative estimate of drug-likeness (QED) is 0.0606. The number of aryl methyl sites for hydroxylation is 11. The van der Waals surface area contributed by atoms with Crippen LogP contribution in [0.5, 0.6) is 28.7 Å². The highest BCUT2D eigenvalue weighted by molar-refractivity contribution is 7.96. The zero-order chi connectivity index (χ0) is 84.2. The normalized spacial score (nSPS) is 16.0. The Bertz CT molecular complexity index is 5880. The molecule has 3 unspecified atom stereocenters. The van der Waals surface area contributed by atoms with E-state index in [0.717, 1.165) is 156 Å². The van der Waals surface area contributed by atoms with Gasteiger partial charge >= 0.3 is 0 Å². The summed E-state index contributed by atoms with van der Waals surface area (Å²) in [7, 11) is -3.82. The fraction of sp³-hybridized carbons (Fsp3) is 0.259. The largest absolute Gasteiger partial charge is 0.455 e. The summed E-state index contributed by atoms with van der Waals surface area (Å²) < 4.78 is 67.2. The number of rotatable bonds is 24. The highest BCUT2D eigenvalue weighted by Crippen LogP contribution is 2.50. The second-order valence-electron chi connectivity index (χ2n) is 33.0. The Morgan fingerprint density at radius 2 is 0.669 bits per heavy atom. The summed E-state index contributed by atoms with van der Waals surface area (Å²) in [4.78, 5) is 5.93. The number of thiophene rings is 1. The van der Waals surface area contributed by atoms with Crippen molar-refractivity contribution < 1.29 is 36.7 Å². The Morgan fingerprint density at radius 3 is 1.00 bits per heavy atom. The van der Waals surface area contributed by atoms with Crippen LogP contribution in [-0.2, 0) is 58.1 Å². The number of aliphatic hydroxyl groups excluding tert-OH is 1. The van der Waals surface area contributed by atoms with Gasteiger partial charge in [0.05, 0.1) is 66.7 Å². The first-order valence-corrected chi connectivity index (χ1v) is 47.1. The molecule has 13 aromatic rings. The zero-order valence-electron chi connectivity index (χ0n) is 71.0. The first-order chi connectivity index (χ1) is 58.8. The molecule has 3 saturated carbocycles. The molecule has 0 saturated heterocycles. The van der Waals surface area contributed by atoms with Crippen molar-refractivity contribution >= 4 is 85.8 Å². The maximum atomic E-state index is 13.5. The van der Waals surface area contributed by atoms with Gasteiger partial charge in [0.15, 0.2) is 23.0 Å². The lowest BCUT2D eigenvalue weighted by molar-refractivity contribution is 0.299. The van der Waals surface area contributed by atoms with Gasteiger partial charge in [0.25, 0.3) is 0 Å². The minimum atomic E-state index is -1.30. The molecule has 3 fully saturated rings. The van der Waals surface area contributed by atoms with Crippen molar-refractivity contribution in [2.24, 2.45) is 17.6 Å². The molecule has 3 N–H and O–H groups in total. The van der Waals surface area contributed by atoms with Crippen molar-refractivity contribution in [3.8, 4) is 39.2 Å². The van der Waals surface area contributed by atoms with Gasteiger partial charge in [0.1, 0.15) is 23.0 Å². The van der Waals surface area contributed by atoms with Crippen LogP contribution in [0.25, 0.3) is 52.5 Å². The summed E-state index contributed by atoms with van der Waals surface area (Å²) in [6.45, 7) is 18.8. The summed E-state index contributed by atoms with van der Waals surface area (Å²) in [5.74, 6) is 8.20. The van der Waals surface area contributed by atoms with Crippen molar-refractivity contribution in [2.45, 2.75) is 179 Å². The molecule has 6 aliphatic rings. The van der Waals surface area contributed by atoms with E-state index in [1.54, 1.807) is 0 Å². The number of benzene rings is 12. The van der Waals surface area contributed by atoms with E-state index < -0.39 is 32.4 Å². The van der Waals surface area contributed by atoms with E-state index in [4.69, 9.17) is 29.8 Å². The van der Waals surface area contributed by atoms with Crippen molar-refractivity contribution in [1.82, 2.24) is 0 Å². The molecule has 9 nitrogen and oxygen atoms in total. The number of ether oxygens (including phenoxy) is 4. The van der Waals surface area contributed by atoms with E-state index in [2.05, 4.69) is 131 Å². The number of fused-ring (bicyclic) bond motifs is 4. The summed E-state index contributed by atoms with van der Waals surface area (Å²) in [5.41, 5.74) is 26.3. The minimum absolute atomic E-state index is 0.120. The van der Waals surface area contributed by atoms with E-state index >= 15 is 0 Å². The minimum Gasteiger partial charge on any atom is -0.455 e. The molecule has 0 radical (unpaired) electrons. The van der Waals surface area contributed by atoms with Crippen LogP contribution >= 0.6 is 11.3 Å². The fourth-order valence-corrected chi connectivity index (χ4v) is 21.7. The predicted octanol–water partition coefficient (Wildman–Crippen LogP) is 27.0. The molecule has 0 spiro atoms. The third kappa shape index (κ3) is 21.1. The first kappa shape index (κ1) is 85.4. The van der Waals surface area contributed by atoms with Crippen LogP contribution in [0.2, 0.25) is 0 Å². The van der Waals surface area contributed by atoms with Crippen LogP contribution in [0.15, 0.2) is 282 Å². The smallest absolute Gasteiger partial charge is 0.153 e. The van der Waals surface area contributed by atoms with E-state index in [9.17, 15) is 12.6 Å². The summed E-state index contributed by atoms with van der Waals surface area (Å²) in [6.07, 6.45) is 18.7. The Morgan fingerprint density at radius 1 is 0.355 bits per heavy atom. The topological polar surface area (TPSA) is 134 Å². The third-order valence-electron chi connectivity index (χ3n) is 23.0. The first-order valence-electron chi connectivity index (χ1n) is 42.8. The molecule has 3 atom stereocenters. The Hall–Kier alpha value is -10.6. The molecular formula is C108H109NO8S4.